The number of imidazole rings is 2. The number of likely N-dealkylation sites (tertiary alicyclic amines) is 2. The predicted octanol–water partition coefficient (Wildman–Crippen LogP) is 7.91. The predicted molar refractivity (Wildman–Crippen MR) is 276 cm³/mol. The molecule has 83 heavy (non-hydrogen) atoms. The average molecular weight is 1190 g/mol. The van der Waals surface area contributed by atoms with Crippen molar-refractivity contribution in [1.29, 1.82) is 0 Å². The lowest BCUT2D eigenvalue weighted by molar-refractivity contribution is -0.596. The van der Waals surface area contributed by atoms with E-state index in [0.29, 0.717) is 71.3 Å². The SMILES string of the molecule is COc1cc(/C=C2\CCCN([C@@H](C)c3ccc(F)cc3)C2=O)ccc1-[n+]1cc(C)n(COC(=O)C(F)(F)F)c1.COc1cc(/C=C2\CCCN([C@@H](C)c3ccc(F)cc3)C2=O)ccc1-[n+]1cc(C)n(COC(=O)C(F)(F)F)c1.O=P([O-])([O-])O. The number of ether oxygens (including phenoxy) is 4. The van der Waals surface area contributed by atoms with Gasteiger partial charge in [-0.2, -0.15) is 44.6 Å². The van der Waals surface area contributed by atoms with Crippen LogP contribution in [-0.2, 0) is 46.7 Å². The molecule has 0 aliphatic carbocycles. The minimum Gasteiger partial charge on any atom is -0.790 e. The zero-order chi connectivity index (χ0) is 61.1. The van der Waals surface area contributed by atoms with Gasteiger partial charge in [-0.25, -0.2) is 18.4 Å². The van der Waals surface area contributed by atoms with Gasteiger partial charge in [0.2, 0.25) is 25.3 Å². The third kappa shape index (κ3) is 17.4. The van der Waals surface area contributed by atoms with Crippen LogP contribution in [0.3, 0.4) is 0 Å². The standard InChI is InChI=1S/2C28H28F4N3O4.H3O4P/c2*1-18-15-33(16-34(18)17-39-27(37)28(30,31)32)24-11-6-20(14-25(24)38-3)13-22-5-4-12-35(26(22)36)19(2)21-7-9-23(29)10-8-21;1-5(2,3)4/h2*6-11,13-16,19H,4-5,12,17H2,1-3H3;(H3,1,2,3,4)/q2*+1;/p-2/b2*22-13+;/t2*19-;/m00./s1. The van der Waals surface area contributed by atoms with Gasteiger partial charge in [0.1, 0.15) is 35.4 Å². The molecule has 2 aliphatic heterocycles. The van der Waals surface area contributed by atoms with Crippen molar-refractivity contribution in [3.05, 3.63) is 166 Å². The highest BCUT2D eigenvalue weighted by Crippen LogP contribution is 2.33. The van der Waals surface area contributed by atoms with Crippen molar-refractivity contribution in [2.24, 2.45) is 0 Å². The molecule has 27 heteroatoms. The van der Waals surface area contributed by atoms with Gasteiger partial charge in [-0.15, -0.1) is 0 Å². The number of hydrogen-bond acceptors (Lipinski definition) is 11. The first-order chi connectivity index (χ1) is 38.9. The summed E-state index contributed by atoms with van der Waals surface area (Å²) in [5.74, 6) is -4.42. The maximum atomic E-state index is 13.3. The zero-order valence-electron chi connectivity index (χ0n) is 45.5. The molecule has 444 valence electrons. The number of alkyl halides is 6. The topological polar surface area (TPSA) is 213 Å². The van der Waals surface area contributed by atoms with Gasteiger partial charge in [-0.1, -0.05) is 36.4 Å². The molecule has 0 spiro atoms. The van der Waals surface area contributed by atoms with Crippen molar-refractivity contribution < 1.29 is 102 Å². The van der Waals surface area contributed by atoms with Gasteiger partial charge in [0, 0.05) is 38.1 Å². The number of amides is 2. The molecule has 4 aromatic carbocycles. The van der Waals surface area contributed by atoms with Gasteiger partial charge in [-0.05, 0) is 122 Å². The number of hydrogen-bond donors (Lipinski definition) is 1. The molecular formula is C56H57F8N6O12P. The minimum absolute atomic E-state index is 0.0865. The molecule has 0 radical (unpaired) electrons. The monoisotopic (exact) mass is 1190 g/mol. The average Bonchev–Trinajstić information content (AvgIpc) is 4.15. The van der Waals surface area contributed by atoms with Crippen LogP contribution >= 0.6 is 7.82 Å². The lowest BCUT2D eigenvalue weighted by Gasteiger charge is -2.34. The Bertz CT molecular complexity index is 3190. The number of methoxy groups -OCH3 is 2. The van der Waals surface area contributed by atoms with E-state index < -0.39 is 45.6 Å². The van der Waals surface area contributed by atoms with E-state index in [1.807, 2.05) is 38.1 Å². The normalized spacial score (nSPS) is 15.7. The molecule has 2 aromatic heterocycles. The summed E-state index contributed by atoms with van der Waals surface area (Å²) >= 11 is 0. The van der Waals surface area contributed by atoms with E-state index in [-0.39, 0.29) is 35.5 Å². The second-order valence-electron chi connectivity index (χ2n) is 19.0. The third-order valence-corrected chi connectivity index (χ3v) is 13.3. The highest BCUT2D eigenvalue weighted by Gasteiger charge is 2.42. The summed E-state index contributed by atoms with van der Waals surface area (Å²) in [5, 5.41) is 0. The Morgan fingerprint density at radius 1 is 0.639 bits per heavy atom. The molecular weight excluding hydrogens is 1130 g/mol. The van der Waals surface area contributed by atoms with E-state index in [1.54, 1.807) is 93.7 Å². The van der Waals surface area contributed by atoms with Crippen molar-refractivity contribution in [3.8, 4) is 22.9 Å². The molecule has 0 saturated carbocycles. The Morgan fingerprint density at radius 3 is 1.29 bits per heavy atom. The number of carbonyl (C=O) groups excluding carboxylic acids is 4. The van der Waals surface area contributed by atoms with Gasteiger partial charge >= 0.3 is 24.3 Å². The molecule has 2 aliphatic rings. The van der Waals surface area contributed by atoms with Crippen LogP contribution in [-0.4, -0.2) is 87.2 Å². The van der Waals surface area contributed by atoms with Gasteiger partial charge in [0.05, 0.1) is 34.1 Å². The lowest BCUT2D eigenvalue weighted by atomic mass is 9.97. The first-order valence-corrected chi connectivity index (χ1v) is 26.7. The molecule has 0 unspecified atom stereocenters. The Labute approximate surface area is 470 Å². The Balaban J connectivity index is 0.000000246. The first kappa shape index (κ1) is 64.0. The largest absolute Gasteiger partial charge is 0.790 e. The minimum atomic E-state index is -5.14. The summed E-state index contributed by atoms with van der Waals surface area (Å²) in [6.45, 7) is 7.16. The van der Waals surface area contributed by atoms with Crippen LogP contribution in [0.15, 0.2) is 121 Å². The van der Waals surface area contributed by atoms with Gasteiger partial charge in [-0.3, -0.25) is 9.59 Å². The Kier molecular flexibility index (Phi) is 21.0. The van der Waals surface area contributed by atoms with Gasteiger partial charge in [0.15, 0.2) is 22.9 Å². The molecule has 8 rings (SSSR count). The fraction of sp³-hybridized carbons (Fsp3) is 0.321. The molecule has 2 saturated heterocycles. The molecule has 6 aromatic rings. The molecule has 1 N–H and O–H groups in total. The second kappa shape index (κ2) is 27.3. The highest BCUT2D eigenvalue weighted by atomic mass is 31.2. The van der Waals surface area contributed by atoms with Crippen molar-refractivity contribution in [1.82, 2.24) is 18.9 Å². The van der Waals surface area contributed by atoms with Crippen LogP contribution in [0, 0.1) is 25.5 Å². The molecule has 2 amide bonds. The van der Waals surface area contributed by atoms with E-state index in [0.717, 1.165) is 35.1 Å². The molecule has 2 fully saturated rings. The summed E-state index contributed by atoms with van der Waals surface area (Å²) in [5.41, 5.74) is 6.79. The van der Waals surface area contributed by atoms with Crippen LogP contribution < -0.4 is 28.4 Å². The Morgan fingerprint density at radius 2 is 0.976 bits per heavy atom. The number of aromatic nitrogens is 4. The van der Waals surface area contributed by atoms with E-state index >= 15 is 0 Å². The van der Waals surface area contributed by atoms with Crippen LogP contribution in [0.4, 0.5) is 35.1 Å². The number of esters is 2. The molecule has 18 nitrogen and oxygen atoms in total. The molecule has 4 heterocycles. The van der Waals surface area contributed by atoms with E-state index in [1.165, 1.54) is 60.3 Å². The van der Waals surface area contributed by atoms with Crippen LogP contribution in [0.1, 0.15) is 85.3 Å². The fourth-order valence-electron chi connectivity index (χ4n) is 8.97. The number of benzene rings is 4. The van der Waals surface area contributed by atoms with Crippen LogP contribution in [0.5, 0.6) is 11.5 Å². The third-order valence-electron chi connectivity index (χ3n) is 13.3. The van der Waals surface area contributed by atoms with E-state index in [4.69, 9.17) is 28.7 Å². The molecule has 2 atom stereocenters. The van der Waals surface area contributed by atoms with Crippen LogP contribution in [0.2, 0.25) is 0 Å². The summed E-state index contributed by atoms with van der Waals surface area (Å²) in [6.07, 6.45) is 2.62. The Hall–Kier alpha value is -8.19. The number of carbonyl (C=O) groups is 4. The molecule has 0 bridgehead atoms. The first-order valence-electron chi connectivity index (χ1n) is 25.2. The van der Waals surface area contributed by atoms with Crippen molar-refractivity contribution >= 4 is 43.7 Å². The maximum absolute atomic E-state index is 13.3. The number of rotatable bonds is 14. The summed E-state index contributed by atoms with van der Waals surface area (Å²) < 4.78 is 136. The van der Waals surface area contributed by atoms with Gasteiger partial charge < -0.3 is 48.0 Å². The van der Waals surface area contributed by atoms with E-state index in [9.17, 15) is 54.3 Å². The van der Waals surface area contributed by atoms with Gasteiger partial charge in [0.25, 0.3) is 12.7 Å². The fourth-order valence-corrected chi connectivity index (χ4v) is 8.97. The summed E-state index contributed by atoms with van der Waals surface area (Å²) in [6, 6.07) is 22.5. The number of piperidine rings is 2. The maximum Gasteiger partial charge on any atom is 0.491 e. The number of phosphoric acid groups is 1. The van der Waals surface area contributed by atoms with Crippen LogP contribution in [0.25, 0.3) is 23.5 Å². The highest BCUT2D eigenvalue weighted by molar-refractivity contribution is 7.42. The zero-order valence-corrected chi connectivity index (χ0v) is 46.3. The lowest BCUT2D eigenvalue weighted by Crippen LogP contribution is -2.38. The number of aryl methyl sites for hydroxylation is 2. The number of nitrogens with zero attached hydrogens (tertiary/aromatic N) is 6. The summed E-state index contributed by atoms with van der Waals surface area (Å²) in [4.78, 5) is 76.6. The quantitative estimate of drug-likeness (QED) is 0.0362. The van der Waals surface area contributed by atoms with Crippen molar-refractivity contribution in [2.75, 3.05) is 27.3 Å². The second-order valence-corrected chi connectivity index (χ2v) is 19.9. The van der Waals surface area contributed by atoms with Crippen molar-refractivity contribution in [3.63, 3.8) is 0 Å². The number of halogens is 8. The smallest absolute Gasteiger partial charge is 0.491 e. The summed E-state index contributed by atoms with van der Waals surface area (Å²) in [7, 11) is -2.16. The van der Waals surface area contributed by atoms with Crippen molar-refractivity contribution in [2.45, 2.75) is 91.3 Å². The van der Waals surface area contributed by atoms with E-state index in [2.05, 4.69) is 9.47 Å².